The third-order valence-electron chi connectivity index (χ3n) is 5.58. The number of aromatic nitrogens is 2. The molecule has 0 unspecified atom stereocenters. The summed E-state index contributed by atoms with van der Waals surface area (Å²) in [7, 11) is 0. The Morgan fingerprint density at radius 2 is 2.00 bits per heavy atom. The van der Waals surface area contributed by atoms with Crippen LogP contribution >= 0.6 is 28.1 Å². The first-order chi connectivity index (χ1) is 15.6. The summed E-state index contributed by atoms with van der Waals surface area (Å²) in [5.41, 5.74) is 4.21. The first-order valence-corrected chi connectivity index (χ1v) is 11.5. The Hall–Kier alpha value is -3.03. The lowest BCUT2D eigenvalue weighted by atomic mass is 10.0. The maximum atomic E-state index is 6.43. The molecule has 0 aliphatic carbocycles. The van der Waals surface area contributed by atoms with Crippen molar-refractivity contribution >= 4 is 33.3 Å². The fourth-order valence-electron chi connectivity index (χ4n) is 4.05. The van der Waals surface area contributed by atoms with Crippen LogP contribution in [0.1, 0.15) is 34.7 Å². The predicted octanol–water partition coefficient (Wildman–Crippen LogP) is 5.98. The van der Waals surface area contributed by atoms with Crippen LogP contribution in [0.4, 0.5) is 0 Å². The highest BCUT2D eigenvalue weighted by molar-refractivity contribution is 9.10. The standard InChI is InChI=1S/C25H21BrN4OS/c1-16-7-8-18(19(26)13-16)21-9-10-22(31-21)24-23(20-6-2-3-12-28-20)29-25(32)30(24)15-17-5-4-11-27-14-17/h2-14,23-24H,15H2,1H3,(H,29,32)/t23-,24-/m1/s1. The van der Waals surface area contributed by atoms with Gasteiger partial charge in [-0.15, -0.1) is 0 Å². The molecule has 1 aliphatic rings. The molecule has 160 valence electrons. The number of hydrogen-bond acceptors (Lipinski definition) is 4. The van der Waals surface area contributed by atoms with E-state index < -0.39 is 0 Å². The molecule has 2 atom stereocenters. The zero-order valence-electron chi connectivity index (χ0n) is 17.4. The summed E-state index contributed by atoms with van der Waals surface area (Å²) < 4.78 is 7.43. The van der Waals surface area contributed by atoms with Crippen molar-refractivity contribution < 1.29 is 4.42 Å². The van der Waals surface area contributed by atoms with Gasteiger partial charge in [0, 0.05) is 35.2 Å². The smallest absolute Gasteiger partial charge is 0.170 e. The molecule has 0 amide bonds. The first kappa shape index (κ1) is 20.8. The summed E-state index contributed by atoms with van der Waals surface area (Å²) in [5, 5.41) is 4.13. The summed E-state index contributed by atoms with van der Waals surface area (Å²) in [5.74, 6) is 1.64. The van der Waals surface area contributed by atoms with Gasteiger partial charge in [0.25, 0.3) is 0 Å². The molecule has 4 aromatic rings. The van der Waals surface area contributed by atoms with E-state index in [1.807, 2.05) is 42.6 Å². The summed E-state index contributed by atoms with van der Waals surface area (Å²) in [6, 6.07) is 19.9. The molecular formula is C25H21BrN4OS. The van der Waals surface area contributed by atoms with E-state index in [4.69, 9.17) is 16.6 Å². The molecule has 4 heterocycles. The quantitative estimate of drug-likeness (QED) is 0.337. The van der Waals surface area contributed by atoms with Crippen molar-refractivity contribution in [2.45, 2.75) is 25.6 Å². The molecule has 0 bridgehead atoms. The molecule has 1 N–H and O–H groups in total. The number of furan rings is 1. The number of pyridine rings is 2. The maximum Gasteiger partial charge on any atom is 0.170 e. The second-order valence-corrected chi connectivity index (χ2v) is 9.04. The number of thiocarbonyl (C=S) groups is 1. The zero-order chi connectivity index (χ0) is 22.1. The van der Waals surface area contributed by atoms with E-state index in [1.54, 1.807) is 12.4 Å². The van der Waals surface area contributed by atoms with E-state index >= 15 is 0 Å². The van der Waals surface area contributed by atoms with Gasteiger partial charge >= 0.3 is 0 Å². The van der Waals surface area contributed by atoms with Gasteiger partial charge in [0.1, 0.15) is 17.6 Å². The summed E-state index contributed by atoms with van der Waals surface area (Å²) in [6.45, 7) is 2.69. The highest BCUT2D eigenvalue weighted by Crippen LogP contribution is 2.42. The number of aryl methyl sites for hydroxylation is 1. The molecule has 1 fully saturated rings. The lowest BCUT2D eigenvalue weighted by molar-refractivity contribution is 0.269. The van der Waals surface area contributed by atoms with E-state index in [-0.39, 0.29) is 12.1 Å². The largest absolute Gasteiger partial charge is 0.459 e. The fourth-order valence-corrected chi connectivity index (χ4v) is 5.04. The zero-order valence-corrected chi connectivity index (χ0v) is 19.8. The molecule has 0 saturated carbocycles. The average molecular weight is 505 g/mol. The van der Waals surface area contributed by atoms with Gasteiger partial charge in [-0.05, 0) is 72.7 Å². The van der Waals surface area contributed by atoms with Crippen LogP contribution in [0, 0.1) is 6.92 Å². The van der Waals surface area contributed by atoms with Crippen LogP contribution in [-0.4, -0.2) is 20.0 Å². The number of rotatable bonds is 5. The van der Waals surface area contributed by atoms with Gasteiger partial charge in [0.2, 0.25) is 0 Å². The molecule has 5 nitrogen and oxygen atoms in total. The lowest BCUT2D eigenvalue weighted by Crippen LogP contribution is -2.29. The lowest BCUT2D eigenvalue weighted by Gasteiger charge is -2.26. The molecule has 0 radical (unpaired) electrons. The van der Waals surface area contributed by atoms with Crippen LogP contribution in [-0.2, 0) is 6.54 Å². The molecule has 3 aromatic heterocycles. The highest BCUT2D eigenvalue weighted by Gasteiger charge is 2.41. The Bertz CT molecular complexity index is 1250. The minimum Gasteiger partial charge on any atom is -0.459 e. The molecule has 7 heteroatoms. The van der Waals surface area contributed by atoms with Gasteiger partial charge in [0.15, 0.2) is 5.11 Å². The van der Waals surface area contributed by atoms with E-state index in [0.717, 1.165) is 32.8 Å². The Morgan fingerprint density at radius 1 is 1.09 bits per heavy atom. The number of hydrogen-bond donors (Lipinski definition) is 1. The van der Waals surface area contributed by atoms with Crippen molar-refractivity contribution in [2.75, 3.05) is 0 Å². The number of nitrogens with one attached hydrogen (secondary N) is 1. The van der Waals surface area contributed by atoms with Crippen molar-refractivity contribution in [3.63, 3.8) is 0 Å². The average Bonchev–Trinajstić information content (AvgIpc) is 3.40. The predicted molar refractivity (Wildman–Crippen MR) is 132 cm³/mol. The number of benzene rings is 1. The minimum atomic E-state index is -0.143. The summed E-state index contributed by atoms with van der Waals surface area (Å²) in [6.07, 6.45) is 5.44. The van der Waals surface area contributed by atoms with Crippen LogP contribution in [0.15, 0.2) is 88.1 Å². The van der Waals surface area contributed by atoms with Gasteiger partial charge in [-0.3, -0.25) is 9.97 Å². The Kier molecular flexibility index (Phi) is 5.76. The van der Waals surface area contributed by atoms with Gasteiger partial charge in [-0.2, -0.15) is 0 Å². The molecule has 1 aromatic carbocycles. The van der Waals surface area contributed by atoms with Crippen molar-refractivity contribution in [1.82, 2.24) is 20.2 Å². The summed E-state index contributed by atoms with van der Waals surface area (Å²) in [4.78, 5) is 11.0. The van der Waals surface area contributed by atoms with Gasteiger partial charge < -0.3 is 14.6 Å². The SMILES string of the molecule is Cc1ccc(-c2ccc([C@@H]3[C@@H](c4ccccn4)NC(=S)N3Cc3cccnc3)o2)c(Br)c1. The maximum absolute atomic E-state index is 6.43. The van der Waals surface area contributed by atoms with Crippen molar-refractivity contribution in [1.29, 1.82) is 0 Å². The van der Waals surface area contributed by atoms with E-state index in [1.165, 1.54) is 5.56 Å². The van der Waals surface area contributed by atoms with Crippen molar-refractivity contribution in [2.24, 2.45) is 0 Å². The molecule has 32 heavy (non-hydrogen) atoms. The third kappa shape index (κ3) is 4.06. The van der Waals surface area contributed by atoms with Crippen molar-refractivity contribution in [3.05, 3.63) is 106 Å². The molecule has 0 spiro atoms. The normalized spacial score (nSPS) is 18.1. The van der Waals surface area contributed by atoms with Gasteiger partial charge in [-0.25, -0.2) is 0 Å². The van der Waals surface area contributed by atoms with Gasteiger partial charge in [-0.1, -0.05) is 34.1 Å². The monoisotopic (exact) mass is 504 g/mol. The van der Waals surface area contributed by atoms with E-state index in [0.29, 0.717) is 11.7 Å². The topological polar surface area (TPSA) is 54.2 Å². The Labute approximate surface area is 200 Å². The Morgan fingerprint density at radius 3 is 2.75 bits per heavy atom. The second-order valence-electron chi connectivity index (χ2n) is 7.80. The van der Waals surface area contributed by atoms with Crippen molar-refractivity contribution in [3.8, 4) is 11.3 Å². The molecule has 1 aliphatic heterocycles. The van der Waals surface area contributed by atoms with Crippen LogP contribution in [0.25, 0.3) is 11.3 Å². The minimum absolute atomic E-state index is 0.124. The fraction of sp³-hybridized carbons (Fsp3) is 0.160. The first-order valence-electron chi connectivity index (χ1n) is 10.3. The third-order valence-corrected chi connectivity index (χ3v) is 6.59. The number of halogens is 1. The Balaban J connectivity index is 1.55. The van der Waals surface area contributed by atoms with Crippen LogP contribution in [0.5, 0.6) is 0 Å². The van der Waals surface area contributed by atoms with E-state index in [2.05, 4.69) is 67.3 Å². The van der Waals surface area contributed by atoms with Crippen LogP contribution < -0.4 is 5.32 Å². The van der Waals surface area contributed by atoms with E-state index in [9.17, 15) is 0 Å². The number of nitrogens with zero attached hydrogens (tertiary/aromatic N) is 3. The second kappa shape index (κ2) is 8.84. The summed E-state index contributed by atoms with van der Waals surface area (Å²) >= 11 is 9.42. The van der Waals surface area contributed by atoms with Crippen LogP contribution in [0.2, 0.25) is 0 Å². The molecule has 1 saturated heterocycles. The highest BCUT2D eigenvalue weighted by atomic mass is 79.9. The van der Waals surface area contributed by atoms with Gasteiger partial charge in [0.05, 0.1) is 11.7 Å². The molecular weight excluding hydrogens is 484 g/mol. The molecule has 5 rings (SSSR count). The van der Waals surface area contributed by atoms with Crippen LogP contribution in [0.3, 0.4) is 0 Å².